The standard InChI is InChI=1S/C22H27N3O4.ClH/c1-24(16-10-14-5-6-15(11-16)23-14)20(26)13-4-7-18-19(9-13)22(28)25(21(18)27)12-17-3-2-8-29-17;/h4,7,9,14-17,23H,2-3,5-6,8,10-12H2,1H3;1H. The van der Waals surface area contributed by atoms with Gasteiger partial charge in [0.1, 0.15) is 0 Å². The largest absolute Gasteiger partial charge is 0.376 e. The molecule has 0 saturated carbocycles. The molecule has 3 amide bonds. The number of carbonyl (C=O) groups is 3. The summed E-state index contributed by atoms with van der Waals surface area (Å²) in [6.07, 6.45) is 6.03. The number of piperidine rings is 1. The van der Waals surface area contributed by atoms with E-state index in [1.807, 2.05) is 11.9 Å². The first kappa shape index (κ1) is 21.3. The Morgan fingerprint density at radius 3 is 2.50 bits per heavy atom. The van der Waals surface area contributed by atoms with Gasteiger partial charge in [0, 0.05) is 37.3 Å². The van der Waals surface area contributed by atoms with Crippen molar-refractivity contribution in [3.05, 3.63) is 34.9 Å². The number of fused-ring (bicyclic) bond motifs is 3. The van der Waals surface area contributed by atoms with E-state index in [2.05, 4.69) is 5.32 Å². The zero-order valence-electron chi connectivity index (χ0n) is 17.1. The molecular weight excluding hydrogens is 406 g/mol. The summed E-state index contributed by atoms with van der Waals surface area (Å²) < 4.78 is 5.58. The highest BCUT2D eigenvalue weighted by atomic mass is 35.5. The average molecular weight is 434 g/mol. The molecule has 30 heavy (non-hydrogen) atoms. The zero-order chi connectivity index (χ0) is 20.1. The van der Waals surface area contributed by atoms with E-state index in [1.54, 1.807) is 18.2 Å². The number of nitrogens with one attached hydrogen (secondary N) is 1. The third kappa shape index (κ3) is 3.63. The third-order valence-corrected chi connectivity index (χ3v) is 6.94. The predicted octanol–water partition coefficient (Wildman–Crippen LogP) is 2.24. The van der Waals surface area contributed by atoms with Crippen LogP contribution < -0.4 is 5.32 Å². The first-order valence-corrected chi connectivity index (χ1v) is 10.7. The summed E-state index contributed by atoms with van der Waals surface area (Å²) in [5, 5.41) is 3.60. The molecule has 1 aromatic carbocycles. The highest BCUT2D eigenvalue weighted by Crippen LogP contribution is 2.31. The number of carbonyl (C=O) groups excluding carboxylic acids is 3. The van der Waals surface area contributed by atoms with Crippen LogP contribution in [0.3, 0.4) is 0 Å². The molecule has 5 rings (SSSR count). The van der Waals surface area contributed by atoms with Crippen LogP contribution in [0, 0.1) is 0 Å². The Morgan fingerprint density at radius 1 is 1.13 bits per heavy atom. The van der Waals surface area contributed by atoms with Gasteiger partial charge in [-0.05, 0) is 56.7 Å². The van der Waals surface area contributed by atoms with E-state index in [9.17, 15) is 14.4 Å². The number of halogens is 1. The number of imide groups is 1. The maximum Gasteiger partial charge on any atom is 0.261 e. The number of nitrogens with zero attached hydrogens (tertiary/aromatic N) is 2. The Balaban J connectivity index is 0.00000218. The van der Waals surface area contributed by atoms with Gasteiger partial charge in [-0.25, -0.2) is 0 Å². The topological polar surface area (TPSA) is 79.0 Å². The quantitative estimate of drug-likeness (QED) is 0.737. The normalized spacial score (nSPS) is 29.7. The number of hydrogen-bond acceptors (Lipinski definition) is 5. The van der Waals surface area contributed by atoms with Gasteiger partial charge in [-0.15, -0.1) is 12.4 Å². The fourth-order valence-corrected chi connectivity index (χ4v) is 5.29. The minimum atomic E-state index is -0.322. The summed E-state index contributed by atoms with van der Waals surface area (Å²) in [6.45, 7) is 0.963. The van der Waals surface area contributed by atoms with Gasteiger partial charge in [0.2, 0.25) is 0 Å². The monoisotopic (exact) mass is 433 g/mol. The van der Waals surface area contributed by atoms with Crippen molar-refractivity contribution in [1.82, 2.24) is 15.1 Å². The molecule has 3 fully saturated rings. The van der Waals surface area contributed by atoms with Crippen molar-refractivity contribution in [2.45, 2.75) is 62.8 Å². The Bertz CT molecular complexity index is 858. The minimum Gasteiger partial charge on any atom is -0.376 e. The van der Waals surface area contributed by atoms with E-state index in [0.29, 0.717) is 35.4 Å². The summed E-state index contributed by atoms with van der Waals surface area (Å²) in [5.41, 5.74) is 1.18. The Labute approximate surface area is 182 Å². The van der Waals surface area contributed by atoms with Crippen molar-refractivity contribution in [2.75, 3.05) is 20.2 Å². The molecule has 3 atom stereocenters. The number of ether oxygens (including phenoxy) is 1. The highest BCUT2D eigenvalue weighted by Gasteiger charge is 2.39. The molecule has 4 aliphatic rings. The molecule has 3 saturated heterocycles. The summed E-state index contributed by atoms with van der Waals surface area (Å²) in [7, 11) is 1.85. The van der Waals surface area contributed by atoms with E-state index in [4.69, 9.17) is 4.74 Å². The molecule has 0 radical (unpaired) electrons. The van der Waals surface area contributed by atoms with Crippen molar-refractivity contribution in [1.29, 1.82) is 0 Å². The van der Waals surface area contributed by atoms with E-state index in [-0.39, 0.29) is 48.8 Å². The Kier molecular flexibility index (Phi) is 5.88. The number of hydrogen-bond donors (Lipinski definition) is 1. The number of amides is 3. The summed E-state index contributed by atoms with van der Waals surface area (Å²) in [5.74, 6) is -0.697. The lowest BCUT2D eigenvalue weighted by Crippen LogP contribution is -2.48. The second-order valence-electron chi connectivity index (χ2n) is 8.80. The smallest absolute Gasteiger partial charge is 0.261 e. The summed E-state index contributed by atoms with van der Waals surface area (Å²) >= 11 is 0. The lowest BCUT2D eigenvalue weighted by Gasteiger charge is -2.35. The fourth-order valence-electron chi connectivity index (χ4n) is 5.29. The van der Waals surface area contributed by atoms with Gasteiger partial charge < -0.3 is 15.0 Å². The van der Waals surface area contributed by atoms with E-state index < -0.39 is 0 Å². The van der Waals surface area contributed by atoms with Crippen LogP contribution in [0.1, 0.15) is 69.6 Å². The molecule has 4 heterocycles. The Morgan fingerprint density at radius 2 is 1.83 bits per heavy atom. The highest BCUT2D eigenvalue weighted by molar-refractivity contribution is 6.22. The van der Waals surface area contributed by atoms with Crippen LogP contribution in [0.15, 0.2) is 18.2 Å². The second kappa shape index (κ2) is 8.29. The molecule has 2 bridgehead atoms. The van der Waals surface area contributed by atoms with Gasteiger partial charge in [0.25, 0.3) is 17.7 Å². The van der Waals surface area contributed by atoms with Crippen LogP contribution in [-0.2, 0) is 4.74 Å². The van der Waals surface area contributed by atoms with Crippen molar-refractivity contribution >= 4 is 30.1 Å². The SMILES string of the molecule is CN(C(=O)c1ccc2c(c1)C(=O)N(CC1CCCO1)C2=O)C1CC2CCC(C1)N2.Cl. The van der Waals surface area contributed by atoms with Crippen LogP contribution in [0.5, 0.6) is 0 Å². The van der Waals surface area contributed by atoms with Gasteiger partial charge in [0.05, 0.1) is 23.8 Å². The lowest BCUT2D eigenvalue weighted by molar-refractivity contribution is 0.0475. The zero-order valence-corrected chi connectivity index (χ0v) is 18.0. The second-order valence-corrected chi connectivity index (χ2v) is 8.80. The predicted molar refractivity (Wildman–Crippen MR) is 113 cm³/mol. The number of benzene rings is 1. The molecule has 0 aromatic heterocycles. The maximum absolute atomic E-state index is 13.1. The van der Waals surface area contributed by atoms with E-state index in [1.165, 1.54) is 17.7 Å². The van der Waals surface area contributed by atoms with Crippen molar-refractivity contribution in [3.8, 4) is 0 Å². The Hall–Kier alpha value is -1.96. The van der Waals surface area contributed by atoms with Gasteiger partial charge >= 0.3 is 0 Å². The van der Waals surface area contributed by atoms with Gasteiger partial charge in [-0.3, -0.25) is 19.3 Å². The van der Waals surface area contributed by atoms with Crippen LogP contribution in [0.2, 0.25) is 0 Å². The first-order valence-electron chi connectivity index (χ1n) is 10.7. The van der Waals surface area contributed by atoms with E-state index in [0.717, 1.165) is 25.7 Å². The summed E-state index contributed by atoms with van der Waals surface area (Å²) in [4.78, 5) is 41.7. The van der Waals surface area contributed by atoms with Gasteiger partial charge in [-0.1, -0.05) is 0 Å². The molecule has 162 valence electrons. The molecular formula is C22H28ClN3O4. The summed E-state index contributed by atoms with van der Waals surface area (Å²) in [6, 6.07) is 6.10. The molecule has 8 heteroatoms. The lowest BCUT2D eigenvalue weighted by atomic mass is 9.97. The van der Waals surface area contributed by atoms with Crippen LogP contribution in [-0.4, -0.2) is 72.0 Å². The molecule has 1 N–H and O–H groups in total. The van der Waals surface area contributed by atoms with Crippen LogP contribution in [0.25, 0.3) is 0 Å². The molecule has 1 aromatic rings. The van der Waals surface area contributed by atoms with Gasteiger partial charge in [-0.2, -0.15) is 0 Å². The minimum absolute atomic E-state index is 0. The molecule has 0 aliphatic carbocycles. The molecule has 7 nitrogen and oxygen atoms in total. The molecule has 0 spiro atoms. The van der Waals surface area contributed by atoms with Crippen molar-refractivity contribution in [2.24, 2.45) is 0 Å². The average Bonchev–Trinajstić information content (AvgIpc) is 3.43. The fraction of sp³-hybridized carbons (Fsp3) is 0.591. The van der Waals surface area contributed by atoms with Crippen molar-refractivity contribution in [3.63, 3.8) is 0 Å². The maximum atomic E-state index is 13.1. The first-order chi connectivity index (χ1) is 14.0. The van der Waals surface area contributed by atoms with Gasteiger partial charge in [0.15, 0.2) is 0 Å². The number of rotatable bonds is 4. The van der Waals surface area contributed by atoms with Crippen LogP contribution in [0.4, 0.5) is 0 Å². The third-order valence-electron chi connectivity index (χ3n) is 6.94. The van der Waals surface area contributed by atoms with Crippen molar-refractivity contribution < 1.29 is 19.1 Å². The van der Waals surface area contributed by atoms with E-state index >= 15 is 0 Å². The molecule has 3 unspecified atom stereocenters. The van der Waals surface area contributed by atoms with Crippen LogP contribution >= 0.6 is 12.4 Å². The molecule has 4 aliphatic heterocycles.